The first-order valence-corrected chi connectivity index (χ1v) is 9.96. The highest BCUT2D eigenvalue weighted by Gasteiger charge is 2.42. The van der Waals surface area contributed by atoms with Gasteiger partial charge in [0.2, 0.25) is 0 Å². The minimum Gasteiger partial charge on any atom is -0.507 e. The van der Waals surface area contributed by atoms with E-state index in [9.17, 15) is 9.90 Å². The van der Waals surface area contributed by atoms with Gasteiger partial charge < -0.3 is 19.5 Å². The van der Waals surface area contributed by atoms with Crippen LogP contribution in [-0.4, -0.2) is 53.0 Å². The van der Waals surface area contributed by atoms with Gasteiger partial charge in [0, 0.05) is 24.8 Å². The maximum absolute atomic E-state index is 13.2. The van der Waals surface area contributed by atoms with Crippen LogP contribution in [0.15, 0.2) is 42.5 Å². The molecule has 3 aromatic rings. The molecule has 2 heterocycles. The Labute approximate surface area is 175 Å². The number of fused-ring (bicyclic) bond motifs is 1. The van der Waals surface area contributed by atoms with Crippen LogP contribution in [0.2, 0.25) is 0 Å². The van der Waals surface area contributed by atoms with Crippen LogP contribution in [0.25, 0.3) is 11.3 Å². The Morgan fingerprint density at radius 3 is 2.67 bits per heavy atom. The van der Waals surface area contributed by atoms with E-state index < -0.39 is 0 Å². The Kier molecular flexibility index (Phi) is 5.46. The van der Waals surface area contributed by atoms with E-state index in [0.717, 1.165) is 22.4 Å². The van der Waals surface area contributed by atoms with Gasteiger partial charge in [0.05, 0.1) is 19.3 Å². The Morgan fingerprint density at radius 2 is 1.97 bits per heavy atom. The second kappa shape index (κ2) is 8.20. The maximum atomic E-state index is 13.2. The summed E-state index contributed by atoms with van der Waals surface area (Å²) in [5.74, 6) is 0.771. The number of ether oxygens (including phenoxy) is 2. The summed E-state index contributed by atoms with van der Waals surface area (Å²) in [4.78, 5) is 14.9. The van der Waals surface area contributed by atoms with Crippen molar-refractivity contribution in [2.75, 3.05) is 26.9 Å². The van der Waals surface area contributed by atoms with Crippen LogP contribution >= 0.6 is 0 Å². The first-order chi connectivity index (χ1) is 14.5. The number of aromatic nitrogens is 2. The number of hydrogen-bond donors (Lipinski definition) is 2. The lowest BCUT2D eigenvalue weighted by Crippen LogP contribution is -2.32. The third kappa shape index (κ3) is 3.41. The molecule has 7 heteroatoms. The molecule has 1 atom stereocenters. The number of H-pyrrole nitrogens is 1. The number of amides is 1. The normalized spacial score (nSPS) is 15.5. The summed E-state index contributed by atoms with van der Waals surface area (Å²) in [5, 5.41) is 17.8. The Hall–Kier alpha value is -3.32. The molecule has 1 amide bonds. The molecule has 0 bridgehead atoms. The molecule has 0 saturated carbocycles. The van der Waals surface area contributed by atoms with E-state index in [1.807, 2.05) is 50.2 Å². The smallest absolute Gasteiger partial charge is 0.273 e. The van der Waals surface area contributed by atoms with E-state index in [4.69, 9.17) is 9.47 Å². The van der Waals surface area contributed by atoms with Crippen molar-refractivity contribution in [2.45, 2.75) is 19.9 Å². The third-order valence-corrected chi connectivity index (χ3v) is 5.31. The summed E-state index contributed by atoms with van der Waals surface area (Å²) in [7, 11) is 1.61. The predicted octanol–water partition coefficient (Wildman–Crippen LogP) is 3.68. The molecule has 2 N–H and O–H groups in total. The summed E-state index contributed by atoms with van der Waals surface area (Å²) in [6.07, 6.45) is 0. The van der Waals surface area contributed by atoms with E-state index >= 15 is 0 Å². The maximum Gasteiger partial charge on any atom is 0.273 e. The van der Waals surface area contributed by atoms with E-state index in [2.05, 4.69) is 10.2 Å². The van der Waals surface area contributed by atoms with E-state index in [1.165, 1.54) is 0 Å². The summed E-state index contributed by atoms with van der Waals surface area (Å²) in [6, 6.07) is 12.8. The number of aryl methyl sites for hydroxylation is 1. The lowest BCUT2D eigenvalue weighted by Gasteiger charge is -2.26. The van der Waals surface area contributed by atoms with Crippen LogP contribution < -0.4 is 4.74 Å². The van der Waals surface area contributed by atoms with Crippen molar-refractivity contribution in [3.8, 4) is 22.8 Å². The number of hydrogen-bond acceptors (Lipinski definition) is 5. The zero-order valence-corrected chi connectivity index (χ0v) is 17.3. The van der Waals surface area contributed by atoms with Gasteiger partial charge in [-0.15, -0.1) is 0 Å². The van der Waals surface area contributed by atoms with Gasteiger partial charge in [-0.05, 0) is 43.7 Å². The fraction of sp³-hybridized carbons (Fsp3) is 0.304. The molecule has 0 saturated heterocycles. The van der Waals surface area contributed by atoms with Crippen molar-refractivity contribution < 1.29 is 19.4 Å². The van der Waals surface area contributed by atoms with E-state index in [-0.39, 0.29) is 17.7 Å². The molecule has 0 radical (unpaired) electrons. The summed E-state index contributed by atoms with van der Waals surface area (Å²) < 4.78 is 10.8. The number of nitrogens with one attached hydrogen (secondary N) is 1. The van der Waals surface area contributed by atoms with Crippen molar-refractivity contribution in [1.29, 1.82) is 0 Å². The number of carbonyl (C=O) groups excluding carboxylic acids is 1. The Morgan fingerprint density at radius 1 is 1.20 bits per heavy atom. The largest absolute Gasteiger partial charge is 0.507 e. The highest BCUT2D eigenvalue weighted by Crippen LogP contribution is 2.44. The fourth-order valence-electron chi connectivity index (χ4n) is 3.92. The molecule has 156 valence electrons. The number of aromatic amines is 1. The number of methoxy groups -OCH3 is 1. The van der Waals surface area contributed by atoms with Crippen LogP contribution in [0.1, 0.15) is 40.1 Å². The number of phenolic OH excluding ortho intramolecular Hbond substituents is 1. The number of benzene rings is 2. The van der Waals surface area contributed by atoms with Crippen molar-refractivity contribution >= 4 is 5.91 Å². The molecule has 1 aromatic heterocycles. The van der Waals surface area contributed by atoms with Gasteiger partial charge in [-0.2, -0.15) is 5.10 Å². The van der Waals surface area contributed by atoms with Gasteiger partial charge in [0.25, 0.3) is 5.91 Å². The van der Waals surface area contributed by atoms with Crippen LogP contribution in [0.5, 0.6) is 11.5 Å². The average Bonchev–Trinajstić information content (AvgIpc) is 3.28. The molecule has 0 unspecified atom stereocenters. The molecule has 2 aromatic carbocycles. The summed E-state index contributed by atoms with van der Waals surface area (Å²) in [5.41, 5.74) is 4.33. The predicted molar refractivity (Wildman–Crippen MR) is 113 cm³/mol. The Balaban J connectivity index is 1.84. The average molecular weight is 407 g/mol. The zero-order chi connectivity index (χ0) is 21.3. The molecule has 1 aliphatic heterocycles. The number of nitrogens with zero attached hydrogens (tertiary/aromatic N) is 2. The van der Waals surface area contributed by atoms with Gasteiger partial charge in [0.1, 0.15) is 22.9 Å². The summed E-state index contributed by atoms with van der Waals surface area (Å²) in [6.45, 7) is 5.34. The van der Waals surface area contributed by atoms with Crippen molar-refractivity contribution in [2.24, 2.45) is 0 Å². The molecule has 1 aliphatic rings. The molecule has 0 aliphatic carbocycles. The van der Waals surface area contributed by atoms with Gasteiger partial charge in [0.15, 0.2) is 0 Å². The number of carbonyl (C=O) groups is 1. The number of aromatic hydroxyl groups is 1. The second-order valence-electron chi connectivity index (χ2n) is 7.28. The first kappa shape index (κ1) is 20.0. The fourth-order valence-corrected chi connectivity index (χ4v) is 3.92. The van der Waals surface area contributed by atoms with Crippen molar-refractivity contribution in [3.63, 3.8) is 0 Å². The molecule has 0 fully saturated rings. The highest BCUT2D eigenvalue weighted by molar-refractivity contribution is 6.00. The highest BCUT2D eigenvalue weighted by atomic mass is 16.5. The molecule has 0 spiro atoms. The molecular formula is C23H25N3O4. The minimum atomic E-state index is -0.341. The lowest BCUT2D eigenvalue weighted by molar-refractivity contribution is 0.0677. The van der Waals surface area contributed by atoms with Crippen LogP contribution in [0.3, 0.4) is 0 Å². The van der Waals surface area contributed by atoms with Gasteiger partial charge in [-0.3, -0.25) is 9.89 Å². The van der Waals surface area contributed by atoms with Gasteiger partial charge >= 0.3 is 0 Å². The molecular weight excluding hydrogens is 382 g/mol. The second-order valence-corrected chi connectivity index (χ2v) is 7.28. The molecule has 4 rings (SSSR count). The van der Waals surface area contributed by atoms with E-state index in [1.54, 1.807) is 18.1 Å². The molecule has 7 nitrogen and oxygen atoms in total. The minimum absolute atomic E-state index is 0.128. The SMILES string of the molecule is CCOc1ccc([C@@H]2c3c(-c4cc(C)ccc4O)n[nH]c3C(=O)N2CCOC)cc1. The summed E-state index contributed by atoms with van der Waals surface area (Å²) >= 11 is 0. The topological polar surface area (TPSA) is 87.7 Å². The van der Waals surface area contributed by atoms with Crippen molar-refractivity contribution in [1.82, 2.24) is 15.1 Å². The monoisotopic (exact) mass is 407 g/mol. The number of phenols is 1. The third-order valence-electron chi connectivity index (χ3n) is 5.31. The van der Waals surface area contributed by atoms with Crippen LogP contribution in [-0.2, 0) is 4.74 Å². The quantitative estimate of drug-likeness (QED) is 0.624. The zero-order valence-electron chi connectivity index (χ0n) is 17.3. The number of rotatable bonds is 7. The standard InChI is InChI=1S/C23H25N3O4/c1-4-30-16-8-6-15(7-9-16)22-19-20(17-13-14(2)5-10-18(17)27)24-25-21(19)23(28)26(22)11-12-29-3/h5-10,13,22,27H,4,11-12H2,1-3H3,(H,24,25)/t22-/m1/s1. The van der Waals surface area contributed by atoms with Crippen LogP contribution in [0, 0.1) is 6.92 Å². The molecule has 30 heavy (non-hydrogen) atoms. The van der Waals surface area contributed by atoms with E-state index in [0.29, 0.717) is 36.7 Å². The first-order valence-electron chi connectivity index (χ1n) is 9.96. The van der Waals surface area contributed by atoms with Gasteiger partial charge in [-0.1, -0.05) is 23.8 Å². The van der Waals surface area contributed by atoms with Gasteiger partial charge in [-0.25, -0.2) is 0 Å². The Bertz CT molecular complexity index is 1060. The van der Waals surface area contributed by atoms with Crippen molar-refractivity contribution in [3.05, 3.63) is 64.8 Å². The lowest BCUT2D eigenvalue weighted by atomic mass is 9.95. The van der Waals surface area contributed by atoms with Crippen LogP contribution in [0.4, 0.5) is 0 Å².